The molecule has 0 saturated carbocycles. The van der Waals surface area contributed by atoms with Crippen LogP contribution < -0.4 is 0 Å². The van der Waals surface area contributed by atoms with E-state index < -0.39 is 24.0 Å². The lowest BCUT2D eigenvalue weighted by Gasteiger charge is -2.22. The highest BCUT2D eigenvalue weighted by Crippen LogP contribution is 2.12. The van der Waals surface area contributed by atoms with Crippen LogP contribution in [-0.4, -0.2) is 41.8 Å². The normalized spacial score (nSPS) is 15.9. The monoisotopic (exact) mass is 352 g/mol. The molecule has 8 heteroatoms. The van der Waals surface area contributed by atoms with Crippen LogP contribution in [-0.2, 0) is 34.1 Å². The third-order valence-corrected chi connectivity index (χ3v) is 2.75. The lowest BCUT2D eigenvalue weighted by molar-refractivity contribution is -0.474. The summed E-state index contributed by atoms with van der Waals surface area (Å²) in [4.78, 5) is 41.3. The number of carboxylic acids is 1. The molecule has 24 heavy (non-hydrogen) atoms. The van der Waals surface area contributed by atoms with E-state index in [-0.39, 0.29) is 12.7 Å². The summed E-state index contributed by atoms with van der Waals surface area (Å²) in [6, 6.07) is 0. The average molecular weight is 352 g/mol. The summed E-state index contributed by atoms with van der Waals surface area (Å²) in [6.45, 7) is 11.2. The first-order chi connectivity index (χ1) is 11.2. The number of hydrogen-bond acceptors (Lipinski definition) is 7. The van der Waals surface area contributed by atoms with Gasteiger partial charge in [-0.1, -0.05) is 26.7 Å². The molecule has 0 amide bonds. The van der Waals surface area contributed by atoms with Gasteiger partial charge in [-0.25, -0.2) is 34.1 Å². The lowest BCUT2D eigenvalue weighted by Crippen LogP contribution is -2.29. The van der Waals surface area contributed by atoms with E-state index in [1.807, 2.05) is 34.6 Å². The Kier molecular flexibility index (Phi) is 12.2. The maximum absolute atomic E-state index is 11.0. The van der Waals surface area contributed by atoms with E-state index in [4.69, 9.17) is 34.4 Å². The van der Waals surface area contributed by atoms with Gasteiger partial charge in [-0.3, -0.25) is 0 Å². The van der Waals surface area contributed by atoms with E-state index in [1.165, 1.54) is 6.92 Å². The molecular formula is C16H32O8. The Morgan fingerprint density at radius 2 is 1.75 bits per heavy atom. The van der Waals surface area contributed by atoms with E-state index in [0.717, 1.165) is 12.8 Å². The fourth-order valence-electron chi connectivity index (χ4n) is 1.40. The summed E-state index contributed by atoms with van der Waals surface area (Å²) in [5, 5.41) is 9.01. The van der Waals surface area contributed by atoms with Gasteiger partial charge in [0.05, 0.1) is 5.60 Å². The molecule has 3 unspecified atom stereocenters. The molecule has 0 aliphatic carbocycles. The van der Waals surface area contributed by atoms with Crippen molar-refractivity contribution in [3.8, 4) is 0 Å². The van der Waals surface area contributed by atoms with Crippen LogP contribution in [0.1, 0.15) is 67.2 Å². The molecule has 0 aromatic carbocycles. The van der Waals surface area contributed by atoms with E-state index in [0.29, 0.717) is 12.8 Å². The zero-order chi connectivity index (χ0) is 18.6. The van der Waals surface area contributed by atoms with Gasteiger partial charge in [0.1, 0.15) is 12.7 Å². The molecule has 0 heterocycles. The van der Waals surface area contributed by atoms with Crippen molar-refractivity contribution in [2.24, 2.45) is 0 Å². The minimum Gasteiger partial charge on any atom is -0.479 e. The first-order valence-corrected chi connectivity index (χ1v) is 8.37. The molecule has 0 bridgehead atoms. The molecule has 3 atom stereocenters. The Hall–Kier alpha value is -0.770. The lowest BCUT2D eigenvalue weighted by atomic mass is 10.2. The number of aliphatic carboxylic acids is 1. The topological polar surface area (TPSA) is 92.7 Å². The van der Waals surface area contributed by atoms with Crippen molar-refractivity contribution in [3.05, 3.63) is 0 Å². The fourth-order valence-corrected chi connectivity index (χ4v) is 1.40. The summed E-state index contributed by atoms with van der Waals surface area (Å²) >= 11 is 0. The molecule has 0 aliphatic heterocycles. The SMILES string of the molecule is CCCCC(OOC(C)OOCC(CC)OOC(C)(C)C)C(=O)O. The van der Waals surface area contributed by atoms with E-state index in [9.17, 15) is 4.79 Å². The molecule has 0 spiro atoms. The van der Waals surface area contributed by atoms with Gasteiger partial charge in [0.2, 0.25) is 6.29 Å². The Morgan fingerprint density at radius 3 is 2.25 bits per heavy atom. The second kappa shape index (κ2) is 12.6. The van der Waals surface area contributed by atoms with Crippen LogP contribution in [0.4, 0.5) is 0 Å². The van der Waals surface area contributed by atoms with Gasteiger partial charge < -0.3 is 5.11 Å². The minimum absolute atomic E-state index is 0.137. The first kappa shape index (κ1) is 23.2. The molecule has 0 aromatic heterocycles. The number of rotatable bonds is 14. The predicted octanol–water partition coefficient (Wildman–Crippen LogP) is 3.40. The molecular weight excluding hydrogens is 320 g/mol. The van der Waals surface area contributed by atoms with Crippen molar-refractivity contribution >= 4 is 5.97 Å². The van der Waals surface area contributed by atoms with Crippen molar-refractivity contribution in [1.82, 2.24) is 0 Å². The summed E-state index contributed by atoms with van der Waals surface area (Å²) < 4.78 is 0. The second-order valence-corrected chi connectivity index (χ2v) is 6.43. The van der Waals surface area contributed by atoms with Crippen LogP contribution in [0.2, 0.25) is 0 Å². The summed E-state index contributed by atoms with van der Waals surface area (Å²) in [5.41, 5.74) is -0.414. The van der Waals surface area contributed by atoms with Crippen molar-refractivity contribution in [1.29, 1.82) is 0 Å². The summed E-state index contributed by atoms with van der Waals surface area (Å²) in [7, 11) is 0. The summed E-state index contributed by atoms with van der Waals surface area (Å²) in [5.74, 6) is -1.07. The molecule has 0 aliphatic rings. The smallest absolute Gasteiger partial charge is 0.336 e. The standard InChI is InChI=1S/C16H32O8/c1-7-9-10-14(15(17)18)23-21-12(3)20-19-11-13(8-2)22-24-16(4,5)6/h12-14H,7-11H2,1-6H3,(H,17,18). The van der Waals surface area contributed by atoms with Gasteiger partial charge in [0, 0.05) is 0 Å². The first-order valence-electron chi connectivity index (χ1n) is 8.37. The highest BCUT2D eigenvalue weighted by atomic mass is 17.3. The zero-order valence-electron chi connectivity index (χ0n) is 15.6. The Balaban J connectivity index is 3.98. The van der Waals surface area contributed by atoms with Crippen LogP contribution in [0, 0.1) is 0 Å². The van der Waals surface area contributed by atoms with Gasteiger partial charge in [-0.15, -0.1) is 0 Å². The second-order valence-electron chi connectivity index (χ2n) is 6.43. The zero-order valence-corrected chi connectivity index (χ0v) is 15.6. The highest BCUT2D eigenvalue weighted by Gasteiger charge is 2.21. The van der Waals surface area contributed by atoms with Gasteiger partial charge in [0.15, 0.2) is 6.10 Å². The molecule has 8 nitrogen and oxygen atoms in total. The van der Waals surface area contributed by atoms with Crippen molar-refractivity contribution in [2.45, 2.75) is 91.3 Å². The van der Waals surface area contributed by atoms with Gasteiger partial charge in [0.25, 0.3) is 0 Å². The van der Waals surface area contributed by atoms with Crippen LogP contribution in [0.5, 0.6) is 0 Å². The van der Waals surface area contributed by atoms with Crippen LogP contribution in [0.3, 0.4) is 0 Å². The maximum Gasteiger partial charge on any atom is 0.336 e. The maximum atomic E-state index is 11.0. The number of hydrogen-bond donors (Lipinski definition) is 1. The van der Waals surface area contributed by atoms with Crippen molar-refractivity contribution < 1.29 is 39.2 Å². The molecule has 0 aromatic rings. The molecule has 1 N–H and O–H groups in total. The third-order valence-electron chi connectivity index (χ3n) is 2.75. The fraction of sp³-hybridized carbons (Fsp3) is 0.938. The highest BCUT2D eigenvalue weighted by molar-refractivity contribution is 5.72. The predicted molar refractivity (Wildman–Crippen MR) is 85.6 cm³/mol. The van der Waals surface area contributed by atoms with Crippen LogP contribution in [0.15, 0.2) is 0 Å². The quantitative estimate of drug-likeness (QED) is 0.289. The van der Waals surface area contributed by atoms with E-state index in [2.05, 4.69) is 0 Å². The average Bonchev–Trinajstić information content (AvgIpc) is 2.49. The number of carbonyl (C=O) groups is 1. The number of unbranched alkanes of at least 4 members (excludes halogenated alkanes) is 1. The molecule has 0 rings (SSSR count). The van der Waals surface area contributed by atoms with E-state index >= 15 is 0 Å². The molecule has 0 radical (unpaired) electrons. The summed E-state index contributed by atoms with van der Waals surface area (Å²) in [6.07, 6.45) is 0.441. The molecule has 0 saturated heterocycles. The molecule has 0 fully saturated rings. The number of carboxylic acid groups (broad SMARTS) is 1. The van der Waals surface area contributed by atoms with Crippen LogP contribution >= 0.6 is 0 Å². The van der Waals surface area contributed by atoms with E-state index in [1.54, 1.807) is 0 Å². The third kappa shape index (κ3) is 12.6. The Bertz CT molecular complexity index is 329. The van der Waals surface area contributed by atoms with Gasteiger partial charge in [-0.2, -0.15) is 0 Å². The van der Waals surface area contributed by atoms with Gasteiger partial charge in [-0.05, 0) is 40.5 Å². The Morgan fingerprint density at radius 1 is 1.08 bits per heavy atom. The van der Waals surface area contributed by atoms with Gasteiger partial charge >= 0.3 is 5.97 Å². The van der Waals surface area contributed by atoms with Crippen LogP contribution in [0.25, 0.3) is 0 Å². The largest absolute Gasteiger partial charge is 0.479 e. The molecule has 144 valence electrons. The minimum atomic E-state index is -1.07. The van der Waals surface area contributed by atoms with Crippen molar-refractivity contribution in [2.75, 3.05) is 6.61 Å². The Labute approximate surface area is 144 Å². The van der Waals surface area contributed by atoms with Crippen molar-refractivity contribution in [3.63, 3.8) is 0 Å².